The average molecular weight is 299 g/mol. The smallest absolute Gasteiger partial charge is 0.319 e. The van der Waals surface area contributed by atoms with Crippen LogP contribution in [0.2, 0.25) is 0 Å². The predicted octanol–water partition coefficient (Wildman–Crippen LogP) is 2.20. The summed E-state index contributed by atoms with van der Waals surface area (Å²) in [5, 5.41) is 15.9. The second-order valence-corrected chi connectivity index (χ2v) is 5.59. The molecule has 3 rings (SSSR count). The average Bonchev–Trinajstić information content (AvgIpc) is 3.09. The molecule has 116 valence electrons. The van der Waals surface area contributed by atoms with Crippen molar-refractivity contribution >= 4 is 11.7 Å². The van der Waals surface area contributed by atoms with Gasteiger partial charge in [-0.15, -0.1) is 0 Å². The Hall–Kier alpha value is -2.34. The maximum atomic E-state index is 11.9. The Kier molecular flexibility index (Phi) is 4.70. The lowest BCUT2D eigenvalue weighted by atomic mass is 9.98. The van der Waals surface area contributed by atoms with Crippen molar-refractivity contribution in [1.82, 2.24) is 20.8 Å². The molecule has 2 aromatic rings. The van der Waals surface area contributed by atoms with Gasteiger partial charge in [-0.1, -0.05) is 12.1 Å². The quantitative estimate of drug-likeness (QED) is 0.698. The number of aromatic nitrogens is 2. The van der Waals surface area contributed by atoms with Crippen LogP contribution in [0.4, 0.5) is 10.5 Å². The summed E-state index contributed by atoms with van der Waals surface area (Å²) in [6, 6.07) is 7.58. The van der Waals surface area contributed by atoms with Gasteiger partial charge in [0.25, 0.3) is 0 Å². The molecule has 2 amide bonds. The third kappa shape index (κ3) is 3.85. The number of benzene rings is 1. The third-order valence-corrected chi connectivity index (χ3v) is 3.98. The molecule has 0 spiro atoms. The maximum Gasteiger partial charge on any atom is 0.319 e. The summed E-state index contributed by atoms with van der Waals surface area (Å²) in [4.78, 5) is 11.9. The summed E-state index contributed by atoms with van der Waals surface area (Å²) < 4.78 is 0. The molecule has 0 atom stereocenters. The summed E-state index contributed by atoms with van der Waals surface area (Å²) >= 11 is 0. The highest BCUT2D eigenvalue weighted by atomic mass is 16.2. The predicted molar refractivity (Wildman–Crippen MR) is 86.6 cm³/mol. The second kappa shape index (κ2) is 7.09. The Morgan fingerprint density at radius 2 is 1.95 bits per heavy atom. The van der Waals surface area contributed by atoms with E-state index in [1.807, 2.05) is 30.5 Å². The molecule has 1 aromatic heterocycles. The molecule has 2 heterocycles. The molecular weight excluding hydrogens is 278 g/mol. The van der Waals surface area contributed by atoms with Crippen LogP contribution in [0.3, 0.4) is 0 Å². The fourth-order valence-corrected chi connectivity index (χ4v) is 2.65. The van der Waals surface area contributed by atoms with E-state index in [0.29, 0.717) is 5.92 Å². The Morgan fingerprint density at radius 1 is 1.18 bits per heavy atom. The van der Waals surface area contributed by atoms with Gasteiger partial charge in [-0.05, 0) is 49.5 Å². The molecule has 1 aliphatic rings. The molecule has 1 aliphatic heterocycles. The molecule has 0 unspecified atom stereocenters. The van der Waals surface area contributed by atoms with Crippen LogP contribution in [0.15, 0.2) is 36.7 Å². The van der Waals surface area contributed by atoms with Crippen LogP contribution in [-0.2, 0) is 0 Å². The zero-order valence-electron chi connectivity index (χ0n) is 12.4. The van der Waals surface area contributed by atoms with E-state index in [2.05, 4.69) is 26.1 Å². The van der Waals surface area contributed by atoms with Crippen molar-refractivity contribution in [3.8, 4) is 11.1 Å². The number of piperidine rings is 1. The maximum absolute atomic E-state index is 11.9. The molecule has 4 N–H and O–H groups in total. The standard InChI is InChI=1S/C16H21N5O/c22-16(18-9-12-5-7-17-8-6-12)21-15-3-1-13(2-4-15)14-10-19-20-11-14/h1-4,10-12,17H,5-9H2,(H,19,20)(H2,18,21,22). The van der Waals surface area contributed by atoms with E-state index >= 15 is 0 Å². The Balaban J connectivity index is 1.48. The zero-order chi connectivity index (χ0) is 15.2. The number of urea groups is 1. The van der Waals surface area contributed by atoms with Crippen molar-refractivity contribution in [2.45, 2.75) is 12.8 Å². The highest BCUT2D eigenvalue weighted by Crippen LogP contribution is 2.19. The number of anilines is 1. The Morgan fingerprint density at radius 3 is 2.64 bits per heavy atom. The minimum Gasteiger partial charge on any atom is -0.338 e. The van der Waals surface area contributed by atoms with Crippen LogP contribution in [0.1, 0.15) is 12.8 Å². The molecule has 0 aliphatic carbocycles. The minimum absolute atomic E-state index is 0.144. The first kappa shape index (κ1) is 14.6. The van der Waals surface area contributed by atoms with Crippen molar-refractivity contribution in [1.29, 1.82) is 0 Å². The molecule has 1 fully saturated rings. The first-order valence-electron chi connectivity index (χ1n) is 7.66. The van der Waals surface area contributed by atoms with E-state index in [-0.39, 0.29) is 6.03 Å². The number of H-pyrrole nitrogens is 1. The highest BCUT2D eigenvalue weighted by Gasteiger charge is 2.13. The fourth-order valence-electron chi connectivity index (χ4n) is 2.65. The van der Waals surface area contributed by atoms with Gasteiger partial charge in [-0.3, -0.25) is 5.10 Å². The molecule has 6 heteroatoms. The van der Waals surface area contributed by atoms with E-state index in [0.717, 1.165) is 49.3 Å². The summed E-state index contributed by atoms with van der Waals surface area (Å²) in [5.41, 5.74) is 2.88. The normalized spacial score (nSPS) is 15.5. The van der Waals surface area contributed by atoms with Crippen LogP contribution in [-0.4, -0.2) is 35.9 Å². The molecule has 0 radical (unpaired) electrons. The molecule has 0 saturated carbocycles. The van der Waals surface area contributed by atoms with Crippen LogP contribution in [0.25, 0.3) is 11.1 Å². The first-order chi connectivity index (χ1) is 10.8. The number of amides is 2. The van der Waals surface area contributed by atoms with E-state index < -0.39 is 0 Å². The van der Waals surface area contributed by atoms with Crippen LogP contribution >= 0.6 is 0 Å². The molecule has 22 heavy (non-hydrogen) atoms. The lowest BCUT2D eigenvalue weighted by Gasteiger charge is -2.22. The van der Waals surface area contributed by atoms with Crippen molar-refractivity contribution in [2.24, 2.45) is 5.92 Å². The monoisotopic (exact) mass is 299 g/mol. The third-order valence-electron chi connectivity index (χ3n) is 3.98. The summed E-state index contributed by atoms with van der Waals surface area (Å²) in [6.45, 7) is 2.83. The Bertz CT molecular complexity index is 588. The largest absolute Gasteiger partial charge is 0.338 e. The van der Waals surface area contributed by atoms with Crippen molar-refractivity contribution < 1.29 is 4.79 Å². The number of hydrogen-bond acceptors (Lipinski definition) is 3. The summed E-state index contributed by atoms with van der Waals surface area (Å²) in [5.74, 6) is 0.579. The number of carbonyl (C=O) groups is 1. The fraction of sp³-hybridized carbons (Fsp3) is 0.375. The number of hydrogen-bond donors (Lipinski definition) is 4. The molecule has 1 saturated heterocycles. The van der Waals surface area contributed by atoms with Crippen LogP contribution < -0.4 is 16.0 Å². The minimum atomic E-state index is -0.144. The summed E-state index contributed by atoms with van der Waals surface area (Å²) in [6.07, 6.45) is 5.86. The van der Waals surface area contributed by atoms with Gasteiger partial charge >= 0.3 is 6.03 Å². The van der Waals surface area contributed by atoms with Gasteiger partial charge in [0, 0.05) is 24.0 Å². The van der Waals surface area contributed by atoms with Crippen molar-refractivity contribution in [3.63, 3.8) is 0 Å². The number of rotatable bonds is 4. The lowest BCUT2D eigenvalue weighted by Crippen LogP contribution is -2.37. The van der Waals surface area contributed by atoms with Gasteiger partial charge in [-0.25, -0.2) is 4.79 Å². The second-order valence-electron chi connectivity index (χ2n) is 5.59. The zero-order valence-corrected chi connectivity index (χ0v) is 12.4. The number of nitrogens with one attached hydrogen (secondary N) is 4. The van der Waals surface area contributed by atoms with Crippen molar-refractivity contribution in [2.75, 3.05) is 25.0 Å². The van der Waals surface area contributed by atoms with Crippen LogP contribution in [0, 0.1) is 5.92 Å². The molecule has 6 nitrogen and oxygen atoms in total. The van der Waals surface area contributed by atoms with Gasteiger partial charge in [0.2, 0.25) is 0 Å². The number of nitrogens with zero attached hydrogens (tertiary/aromatic N) is 1. The summed E-state index contributed by atoms with van der Waals surface area (Å²) in [7, 11) is 0. The molecular formula is C16H21N5O. The van der Waals surface area contributed by atoms with Gasteiger partial charge in [0.05, 0.1) is 6.20 Å². The SMILES string of the molecule is O=C(NCC1CCNCC1)Nc1ccc(-c2cn[nH]c2)cc1. The van der Waals surface area contributed by atoms with Crippen LogP contribution in [0.5, 0.6) is 0 Å². The van der Waals surface area contributed by atoms with Gasteiger partial charge in [0.15, 0.2) is 0 Å². The van der Waals surface area contributed by atoms with Crippen molar-refractivity contribution in [3.05, 3.63) is 36.7 Å². The number of aromatic amines is 1. The Labute approximate surface area is 129 Å². The van der Waals surface area contributed by atoms with Gasteiger partial charge in [0.1, 0.15) is 0 Å². The molecule has 0 bridgehead atoms. The van der Waals surface area contributed by atoms with E-state index in [1.165, 1.54) is 0 Å². The lowest BCUT2D eigenvalue weighted by molar-refractivity contribution is 0.248. The van der Waals surface area contributed by atoms with E-state index in [9.17, 15) is 4.79 Å². The van der Waals surface area contributed by atoms with Gasteiger partial charge < -0.3 is 16.0 Å². The van der Waals surface area contributed by atoms with Gasteiger partial charge in [-0.2, -0.15) is 5.10 Å². The highest BCUT2D eigenvalue weighted by molar-refractivity contribution is 5.89. The first-order valence-corrected chi connectivity index (χ1v) is 7.66. The molecule has 1 aromatic carbocycles. The van der Waals surface area contributed by atoms with E-state index in [4.69, 9.17) is 0 Å². The number of carbonyl (C=O) groups excluding carboxylic acids is 1. The van der Waals surface area contributed by atoms with E-state index in [1.54, 1.807) is 6.20 Å². The topological polar surface area (TPSA) is 81.8 Å².